The SMILES string of the molecule is O=C(O)[C@@H]1CC[C@@H](Nc2ncc3nnn(-c4ccc5c(c4)OCCO5)c3n2)C1. The van der Waals surface area contributed by atoms with E-state index >= 15 is 0 Å². The summed E-state index contributed by atoms with van der Waals surface area (Å²) in [7, 11) is 0. The first-order chi connectivity index (χ1) is 13.7. The number of carbonyl (C=O) groups is 1. The number of hydrogen-bond acceptors (Lipinski definition) is 8. The van der Waals surface area contributed by atoms with Crippen molar-refractivity contribution in [1.82, 2.24) is 25.0 Å². The minimum absolute atomic E-state index is 0.0390. The topological polar surface area (TPSA) is 124 Å². The van der Waals surface area contributed by atoms with Crippen LogP contribution in [0.15, 0.2) is 24.4 Å². The Morgan fingerprint density at radius 2 is 2.07 bits per heavy atom. The van der Waals surface area contributed by atoms with E-state index in [4.69, 9.17) is 14.6 Å². The summed E-state index contributed by atoms with van der Waals surface area (Å²) in [4.78, 5) is 20.0. The van der Waals surface area contributed by atoms with Gasteiger partial charge in [-0.2, -0.15) is 9.67 Å². The maximum Gasteiger partial charge on any atom is 0.306 e. The zero-order chi connectivity index (χ0) is 19.1. The van der Waals surface area contributed by atoms with Gasteiger partial charge in [0.15, 0.2) is 22.7 Å². The molecule has 1 aliphatic heterocycles. The molecule has 0 amide bonds. The average Bonchev–Trinajstić information content (AvgIpc) is 3.34. The average molecular weight is 382 g/mol. The molecular formula is C18H18N6O4. The van der Waals surface area contributed by atoms with Gasteiger partial charge in [0.1, 0.15) is 13.2 Å². The van der Waals surface area contributed by atoms with Gasteiger partial charge < -0.3 is 19.9 Å². The molecule has 1 aliphatic carbocycles. The van der Waals surface area contributed by atoms with Crippen LogP contribution in [0.4, 0.5) is 5.95 Å². The fourth-order valence-corrected chi connectivity index (χ4v) is 3.65. The molecule has 0 unspecified atom stereocenters. The van der Waals surface area contributed by atoms with Crippen molar-refractivity contribution in [1.29, 1.82) is 0 Å². The van der Waals surface area contributed by atoms with E-state index in [-0.39, 0.29) is 12.0 Å². The van der Waals surface area contributed by atoms with Crippen molar-refractivity contribution in [3.8, 4) is 17.2 Å². The second-order valence-electron chi connectivity index (χ2n) is 6.92. The molecular weight excluding hydrogens is 364 g/mol. The molecule has 28 heavy (non-hydrogen) atoms. The number of rotatable bonds is 4. The summed E-state index contributed by atoms with van der Waals surface area (Å²) < 4.78 is 12.8. The van der Waals surface area contributed by atoms with Crippen molar-refractivity contribution in [3.05, 3.63) is 24.4 Å². The Bertz CT molecular complexity index is 1050. The number of aliphatic carboxylic acids is 1. The van der Waals surface area contributed by atoms with Crippen molar-refractivity contribution >= 4 is 23.1 Å². The molecule has 5 rings (SSSR count). The number of carboxylic acids is 1. The first kappa shape index (κ1) is 16.7. The van der Waals surface area contributed by atoms with Gasteiger partial charge in [-0.3, -0.25) is 4.79 Å². The van der Waals surface area contributed by atoms with Crippen LogP contribution < -0.4 is 14.8 Å². The third kappa shape index (κ3) is 2.96. The Morgan fingerprint density at radius 3 is 2.89 bits per heavy atom. The number of hydrogen-bond donors (Lipinski definition) is 2. The van der Waals surface area contributed by atoms with E-state index in [1.54, 1.807) is 10.9 Å². The second kappa shape index (κ2) is 6.63. The van der Waals surface area contributed by atoms with Crippen molar-refractivity contribution in [3.63, 3.8) is 0 Å². The highest BCUT2D eigenvalue weighted by Crippen LogP contribution is 2.32. The van der Waals surface area contributed by atoms with Crippen LogP contribution in [0.2, 0.25) is 0 Å². The van der Waals surface area contributed by atoms with Crippen LogP contribution in [0, 0.1) is 5.92 Å². The molecule has 0 radical (unpaired) electrons. The molecule has 0 bridgehead atoms. The van der Waals surface area contributed by atoms with Crippen LogP contribution in [-0.2, 0) is 4.79 Å². The molecule has 0 spiro atoms. The van der Waals surface area contributed by atoms with Gasteiger partial charge in [0.2, 0.25) is 5.95 Å². The molecule has 3 aromatic rings. The summed E-state index contributed by atoms with van der Waals surface area (Å²) in [6.07, 6.45) is 3.61. The normalized spacial score (nSPS) is 21.0. The smallest absolute Gasteiger partial charge is 0.306 e. The molecule has 1 aromatic carbocycles. The highest BCUT2D eigenvalue weighted by molar-refractivity contribution is 5.72. The minimum Gasteiger partial charge on any atom is -0.486 e. The molecule has 10 nitrogen and oxygen atoms in total. The molecule has 144 valence electrons. The predicted molar refractivity (Wildman–Crippen MR) is 97.8 cm³/mol. The van der Waals surface area contributed by atoms with Crippen LogP contribution >= 0.6 is 0 Å². The van der Waals surface area contributed by atoms with Gasteiger partial charge in [0, 0.05) is 12.1 Å². The maximum absolute atomic E-state index is 11.1. The summed E-state index contributed by atoms with van der Waals surface area (Å²) in [6, 6.07) is 5.58. The van der Waals surface area contributed by atoms with E-state index in [9.17, 15) is 4.79 Å². The van der Waals surface area contributed by atoms with Gasteiger partial charge in [0.25, 0.3) is 0 Å². The van der Waals surface area contributed by atoms with Crippen molar-refractivity contribution in [2.45, 2.75) is 25.3 Å². The first-order valence-corrected chi connectivity index (χ1v) is 9.15. The molecule has 0 saturated heterocycles. The van der Waals surface area contributed by atoms with Gasteiger partial charge in [-0.05, 0) is 31.4 Å². The lowest BCUT2D eigenvalue weighted by Gasteiger charge is -2.18. The number of anilines is 1. The number of aromatic nitrogens is 5. The van der Waals surface area contributed by atoms with Crippen LogP contribution in [0.3, 0.4) is 0 Å². The second-order valence-corrected chi connectivity index (χ2v) is 6.92. The minimum atomic E-state index is -0.749. The Labute approximate surface area is 159 Å². The standard InChI is InChI=1S/C18H18N6O4/c25-17(26)10-1-2-11(7-10)20-18-19-9-13-16(21-18)24(23-22-13)12-3-4-14-15(8-12)28-6-5-27-14/h3-4,8-11H,1-2,5-7H2,(H,25,26)(H,19,20,21)/t10-,11-/m1/s1. The van der Waals surface area contributed by atoms with Gasteiger partial charge in [0.05, 0.1) is 17.8 Å². The van der Waals surface area contributed by atoms with E-state index in [2.05, 4.69) is 25.6 Å². The zero-order valence-corrected chi connectivity index (χ0v) is 14.9. The monoisotopic (exact) mass is 382 g/mol. The lowest BCUT2D eigenvalue weighted by atomic mass is 10.1. The zero-order valence-electron chi connectivity index (χ0n) is 14.9. The van der Waals surface area contributed by atoms with Gasteiger partial charge in [-0.15, -0.1) is 5.10 Å². The summed E-state index contributed by atoms with van der Waals surface area (Å²) in [6.45, 7) is 1.04. The first-order valence-electron chi connectivity index (χ1n) is 9.15. The molecule has 2 aromatic heterocycles. The Morgan fingerprint density at radius 1 is 1.21 bits per heavy atom. The molecule has 1 fully saturated rings. The molecule has 2 N–H and O–H groups in total. The fraction of sp³-hybridized carbons (Fsp3) is 0.389. The third-order valence-corrected chi connectivity index (χ3v) is 5.08. The molecule has 10 heteroatoms. The summed E-state index contributed by atoms with van der Waals surface area (Å²) >= 11 is 0. The number of benzene rings is 1. The van der Waals surface area contributed by atoms with Crippen molar-refractivity contribution in [2.75, 3.05) is 18.5 Å². The van der Waals surface area contributed by atoms with E-state index in [0.717, 1.165) is 12.1 Å². The van der Waals surface area contributed by atoms with E-state index in [1.165, 1.54) is 0 Å². The number of fused-ring (bicyclic) bond motifs is 2. The molecule has 3 heterocycles. The number of ether oxygens (including phenoxy) is 2. The van der Waals surface area contributed by atoms with Crippen LogP contribution in [-0.4, -0.2) is 55.3 Å². The third-order valence-electron chi connectivity index (χ3n) is 5.08. The fourth-order valence-electron chi connectivity index (χ4n) is 3.65. The van der Waals surface area contributed by atoms with E-state index in [0.29, 0.717) is 54.7 Å². The highest BCUT2D eigenvalue weighted by Gasteiger charge is 2.30. The lowest BCUT2D eigenvalue weighted by Crippen LogP contribution is -2.19. The van der Waals surface area contributed by atoms with Crippen molar-refractivity contribution < 1.29 is 19.4 Å². The van der Waals surface area contributed by atoms with Gasteiger partial charge in [-0.25, -0.2) is 4.98 Å². The van der Waals surface area contributed by atoms with Crippen LogP contribution in [0.5, 0.6) is 11.5 Å². The van der Waals surface area contributed by atoms with E-state index < -0.39 is 5.97 Å². The Hall–Kier alpha value is -3.43. The number of nitrogens with zero attached hydrogens (tertiary/aromatic N) is 5. The van der Waals surface area contributed by atoms with Gasteiger partial charge >= 0.3 is 5.97 Å². The predicted octanol–water partition coefficient (Wildman–Crippen LogP) is 1.65. The number of nitrogens with one attached hydrogen (secondary N) is 1. The van der Waals surface area contributed by atoms with Crippen LogP contribution in [0.25, 0.3) is 16.9 Å². The Kier molecular flexibility index (Phi) is 3.96. The summed E-state index contributed by atoms with van der Waals surface area (Å²) in [5, 5.41) is 20.7. The summed E-state index contributed by atoms with van der Waals surface area (Å²) in [5.74, 6) is 0.730. The van der Waals surface area contributed by atoms with E-state index in [1.807, 2.05) is 18.2 Å². The number of carboxylic acid groups (broad SMARTS) is 1. The quantitative estimate of drug-likeness (QED) is 0.693. The Balaban J connectivity index is 1.43. The van der Waals surface area contributed by atoms with Crippen molar-refractivity contribution in [2.24, 2.45) is 5.92 Å². The molecule has 2 aliphatic rings. The maximum atomic E-state index is 11.1. The van der Waals surface area contributed by atoms with Crippen LogP contribution in [0.1, 0.15) is 19.3 Å². The largest absolute Gasteiger partial charge is 0.486 e. The highest BCUT2D eigenvalue weighted by atomic mass is 16.6. The molecule has 1 saturated carbocycles. The lowest BCUT2D eigenvalue weighted by molar-refractivity contribution is -0.141. The molecule has 2 atom stereocenters. The summed E-state index contributed by atoms with van der Waals surface area (Å²) in [5.41, 5.74) is 1.88. The van der Waals surface area contributed by atoms with Gasteiger partial charge in [-0.1, -0.05) is 5.21 Å².